The Hall–Kier alpha value is -2.55. The van der Waals surface area contributed by atoms with Crippen molar-refractivity contribution in [2.45, 2.75) is 6.61 Å². The van der Waals surface area contributed by atoms with Gasteiger partial charge in [-0.1, -0.05) is 17.4 Å². The van der Waals surface area contributed by atoms with E-state index >= 15 is 0 Å². The molecule has 0 saturated carbocycles. The van der Waals surface area contributed by atoms with E-state index < -0.39 is 6.61 Å². The number of hydrogen-bond acceptors (Lipinski definition) is 6. The van der Waals surface area contributed by atoms with Crippen molar-refractivity contribution >= 4 is 28.5 Å². The minimum absolute atomic E-state index is 0.0760. The number of aromatic nitrogens is 2. The quantitative estimate of drug-likeness (QED) is 0.826. The van der Waals surface area contributed by atoms with Gasteiger partial charge in [0.1, 0.15) is 5.51 Å². The minimum atomic E-state index is -2.94. The van der Waals surface area contributed by atoms with Crippen molar-refractivity contribution in [3.8, 4) is 11.5 Å². The second-order valence-electron chi connectivity index (χ2n) is 3.86. The smallest absolute Gasteiger partial charge is 0.387 e. The summed E-state index contributed by atoms with van der Waals surface area (Å²) in [5.41, 5.74) is 2.08. The molecule has 0 aliphatic carbocycles. The van der Waals surface area contributed by atoms with E-state index in [2.05, 4.69) is 20.3 Å². The zero-order valence-corrected chi connectivity index (χ0v) is 12.1. The molecule has 116 valence electrons. The molecule has 0 bridgehead atoms. The molecule has 0 radical (unpaired) electrons. The number of carbonyl (C=O) groups is 1. The first-order chi connectivity index (χ1) is 10.6. The van der Waals surface area contributed by atoms with Gasteiger partial charge in [-0.25, -0.2) is 0 Å². The zero-order valence-electron chi connectivity index (χ0n) is 11.3. The molecule has 2 rings (SSSR count). The highest BCUT2D eigenvalue weighted by Gasteiger charge is 2.10. The predicted molar refractivity (Wildman–Crippen MR) is 77.2 cm³/mol. The van der Waals surface area contributed by atoms with E-state index in [4.69, 9.17) is 4.74 Å². The number of halogens is 2. The second kappa shape index (κ2) is 7.46. The summed E-state index contributed by atoms with van der Waals surface area (Å²) in [4.78, 5) is 11.6. The van der Waals surface area contributed by atoms with Crippen LogP contribution in [0.15, 0.2) is 29.8 Å². The molecule has 0 spiro atoms. The fourth-order valence-corrected chi connectivity index (χ4v) is 1.98. The molecule has 6 nitrogen and oxygen atoms in total. The van der Waals surface area contributed by atoms with Gasteiger partial charge in [-0.15, -0.1) is 10.2 Å². The highest BCUT2D eigenvalue weighted by molar-refractivity contribution is 7.13. The number of carbonyl (C=O) groups excluding carboxylic acids is 1. The molecule has 1 heterocycles. The van der Waals surface area contributed by atoms with Gasteiger partial charge in [-0.3, -0.25) is 10.1 Å². The lowest BCUT2D eigenvalue weighted by Gasteiger charge is -2.10. The Kier molecular flexibility index (Phi) is 5.37. The van der Waals surface area contributed by atoms with Crippen LogP contribution in [-0.4, -0.2) is 29.8 Å². The molecule has 0 aliphatic rings. The number of nitrogens with zero attached hydrogens (tertiary/aromatic N) is 2. The maximum atomic E-state index is 12.2. The number of alkyl halides is 2. The van der Waals surface area contributed by atoms with E-state index in [1.807, 2.05) is 0 Å². The van der Waals surface area contributed by atoms with Crippen molar-refractivity contribution in [3.05, 3.63) is 35.3 Å². The van der Waals surface area contributed by atoms with Crippen molar-refractivity contribution in [1.29, 1.82) is 0 Å². The fourth-order valence-electron chi connectivity index (χ4n) is 1.53. The normalized spacial score (nSPS) is 10.9. The van der Waals surface area contributed by atoms with Gasteiger partial charge < -0.3 is 9.47 Å². The lowest BCUT2D eigenvalue weighted by molar-refractivity contribution is -0.111. The maximum absolute atomic E-state index is 12.2. The predicted octanol–water partition coefficient (Wildman–Crippen LogP) is 2.80. The largest absolute Gasteiger partial charge is 0.493 e. The summed E-state index contributed by atoms with van der Waals surface area (Å²) in [5.74, 6) is -0.316. The number of benzene rings is 1. The molecule has 0 fully saturated rings. The standard InChI is InChI=1S/C13H11F2N3O3S/c1-20-10-6-8(2-4-9(10)21-12(14)15)3-5-11(19)17-13-18-16-7-22-13/h2-7,12H,1H3,(H,17,18,19). The number of anilines is 1. The maximum Gasteiger partial charge on any atom is 0.387 e. The lowest BCUT2D eigenvalue weighted by atomic mass is 10.2. The molecule has 2 aromatic rings. The van der Waals surface area contributed by atoms with Crippen LogP contribution < -0.4 is 14.8 Å². The molecule has 0 saturated heterocycles. The summed E-state index contributed by atoms with van der Waals surface area (Å²) in [6.07, 6.45) is 2.79. The van der Waals surface area contributed by atoms with Crippen molar-refractivity contribution in [2.75, 3.05) is 12.4 Å². The van der Waals surface area contributed by atoms with Crippen molar-refractivity contribution in [1.82, 2.24) is 10.2 Å². The molecule has 1 aromatic carbocycles. The van der Waals surface area contributed by atoms with E-state index in [0.29, 0.717) is 10.7 Å². The Bertz CT molecular complexity index is 663. The van der Waals surface area contributed by atoms with Crippen molar-refractivity contribution in [2.24, 2.45) is 0 Å². The van der Waals surface area contributed by atoms with Crippen LogP contribution in [0.2, 0.25) is 0 Å². The van der Waals surface area contributed by atoms with Gasteiger partial charge in [0.05, 0.1) is 7.11 Å². The number of ether oxygens (including phenoxy) is 2. The van der Waals surface area contributed by atoms with Crippen LogP contribution in [0.25, 0.3) is 6.08 Å². The Morgan fingerprint density at radius 1 is 1.41 bits per heavy atom. The summed E-state index contributed by atoms with van der Waals surface area (Å²) >= 11 is 1.19. The molecule has 22 heavy (non-hydrogen) atoms. The second-order valence-corrected chi connectivity index (χ2v) is 4.69. The van der Waals surface area contributed by atoms with E-state index in [0.717, 1.165) is 0 Å². The van der Waals surface area contributed by atoms with Gasteiger partial charge in [0, 0.05) is 6.08 Å². The third kappa shape index (κ3) is 4.48. The average molecular weight is 327 g/mol. The van der Waals surface area contributed by atoms with Crippen LogP contribution in [0.1, 0.15) is 5.56 Å². The third-order valence-electron chi connectivity index (χ3n) is 2.42. The van der Waals surface area contributed by atoms with E-state index in [1.165, 1.54) is 54.3 Å². The summed E-state index contributed by atoms with van der Waals surface area (Å²) in [7, 11) is 1.34. The van der Waals surface area contributed by atoms with Crippen molar-refractivity contribution < 1.29 is 23.0 Å². The van der Waals surface area contributed by atoms with Crippen LogP contribution in [0.5, 0.6) is 11.5 Å². The van der Waals surface area contributed by atoms with Crippen LogP contribution in [-0.2, 0) is 4.79 Å². The molecule has 0 unspecified atom stereocenters. The first-order valence-corrected chi connectivity index (χ1v) is 6.84. The molecule has 0 aliphatic heterocycles. The van der Waals surface area contributed by atoms with Crippen LogP contribution in [0.4, 0.5) is 13.9 Å². The lowest BCUT2D eigenvalue weighted by Crippen LogP contribution is -2.07. The van der Waals surface area contributed by atoms with Gasteiger partial charge >= 0.3 is 6.61 Å². The molecule has 1 N–H and O–H groups in total. The first-order valence-electron chi connectivity index (χ1n) is 5.96. The highest BCUT2D eigenvalue weighted by Crippen LogP contribution is 2.29. The van der Waals surface area contributed by atoms with Gasteiger partial charge in [-0.05, 0) is 23.8 Å². The van der Waals surface area contributed by atoms with Gasteiger partial charge in [0.25, 0.3) is 0 Å². The first kappa shape index (κ1) is 15.8. The summed E-state index contributed by atoms with van der Waals surface area (Å²) in [5, 5.41) is 10.2. The van der Waals surface area contributed by atoms with Gasteiger partial charge in [0.2, 0.25) is 11.0 Å². The summed E-state index contributed by atoms with van der Waals surface area (Å²) < 4.78 is 33.7. The number of amides is 1. The minimum Gasteiger partial charge on any atom is -0.493 e. The summed E-state index contributed by atoms with van der Waals surface area (Å²) in [6, 6.07) is 4.34. The number of rotatable bonds is 6. The molecular formula is C13H11F2N3O3S. The Morgan fingerprint density at radius 3 is 2.86 bits per heavy atom. The molecule has 1 amide bonds. The fraction of sp³-hybridized carbons (Fsp3) is 0.154. The Balaban J connectivity index is 2.05. The van der Waals surface area contributed by atoms with Crippen molar-refractivity contribution in [3.63, 3.8) is 0 Å². The monoisotopic (exact) mass is 327 g/mol. The highest BCUT2D eigenvalue weighted by atomic mass is 32.1. The van der Waals surface area contributed by atoms with E-state index in [-0.39, 0.29) is 17.4 Å². The topological polar surface area (TPSA) is 73.3 Å². The number of methoxy groups -OCH3 is 1. The van der Waals surface area contributed by atoms with E-state index in [1.54, 1.807) is 0 Å². The van der Waals surface area contributed by atoms with E-state index in [9.17, 15) is 13.6 Å². The van der Waals surface area contributed by atoms with Crippen LogP contribution in [0.3, 0.4) is 0 Å². The van der Waals surface area contributed by atoms with Gasteiger partial charge in [0.15, 0.2) is 11.5 Å². The molecule has 1 aromatic heterocycles. The third-order valence-corrected chi connectivity index (χ3v) is 3.03. The average Bonchev–Trinajstić information content (AvgIpc) is 2.98. The molecule has 0 atom stereocenters. The Labute approximate surface area is 128 Å². The number of nitrogens with one attached hydrogen (secondary N) is 1. The zero-order chi connectivity index (χ0) is 15.9. The Morgan fingerprint density at radius 2 is 2.23 bits per heavy atom. The molecule has 9 heteroatoms. The van der Waals surface area contributed by atoms with Crippen LogP contribution in [0, 0.1) is 0 Å². The van der Waals surface area contributed by atoms with Gasteiger partial charge in [-0.2, -0.15) is 8.78 Å². The van der Waals surface area contributed by atoms with Crippen LogP contribution >= 0.6 is 11.3 Å². The molecular weight excluding hydrogens is 316 g/mol. The summed E-state index contributed by atoms with van der Waals surface area (Å²) in [6.45, 7) is -2.94. The SMILES string of the molecule is COc1cc(C=CC(=O)Nc2nncs2)ccc1OC(F)F. The number of hydrogen-bond donors (Lipinski definition) is 1.